The molecule has 21 heavy (non-hydrogen) atoms. The Bertz CT molecular complexity index is 622. The topological polar surface area (TPSA) is 61.6 Å². The van der Waals surface area contributed by atoms with E-state index in [4.69, 9.17) is 9.15 Å². The first kappa shape index (κ1) is 15.0. The maximum absolute atomic E-state index is 12.9. The molecule has 1 aromatic carbocycles. The van der Waals surface area contributed by atoms with Crippen LogP contribution in [0, 0.1) is 0 Å². The van der Waals surface area contributed by atoms with E-state index in [1.54, 1.807) is 31.2 Å². The SMILES string of the molecule is CCOC(=O)c1oc(-c2ccc(OC)cc2)nc1C(F)F. The van der Waals surface area contributed by atoms with Crippen LogP contribution in [0.2, 0.25) is 0 Å². The largest absolute Gasteiger partial charge is 0.497 e. The molecule has 0 aliphatic rings. The minimum absolute atomic E-state index is 0.0556. The summed E-state index contributed by atoms with van der Waals surface area (Å²) in [6.45, 7) is 1.63. The van der Waals surface area contributed by atoms with Gasteiger partial charge in [0.15, 0.2) is 5.69 Å². The van der Waals surface area contributed by atoms with Crippen LogP contribution in [-0.4, -0.2) is 24.7 Å². The Morgan fingerprint density at radius 3 is 2.52 bits per heavy atom. The van der Waals surface area contributed by atoms with Crippen molar-refractivity contribution in [3.05, 3.63) is 35.7 Å². The molecular formula is C14H13F2NO4. The molecule has 0 unspecified atom stereocenters. The normalized spacial score (nSPS) is 10.7. The van der Waals surface area contributed by atoms with Crippen molar-refractivity contribution < 1.29 is 27.5 Å². The second-order valence-electron chi connectivity index (χ2n) is 3.98. The molecule has 0 radical (unpaired) electrons. The van der Waals surface area contributed by atoms with Crippen molar-refractivity contribution in [1.29, 1.82) is 0 Å². The molecule has 7 heteroatoms. The molecule has 0 bridgehead atoms. The number of benzene rings is 1. The van der Waals surface area contributed by atoms with Gasteiger partial charge in [-0.1, -0.05) is 0 Å². The smallest absolute Gasteiger partial charge is 0.376 e. The minimum atomic E-state index is -2.93. The molecule has 0 aliphatic heterocycles. The summed E-state index contributed by atoms with van der Waals surface area (Å²) in [5, 5.41) is 0. The number of rotatable bonds is 5. The number of ether oxygens (including phenoxy) is 2. The molecule has 1 heterocycles. The van der Waals surface area contributed by atoms with Crippen molar-refractivity contribution in [2.75, 3.05) is 13.7 Å². The lowest BCUT2D eigenvalue weighted by Gasteiger charge is -2.00. The average molecular weight is 297 g/mol. The van der Waals surface area contributed by atoms with Crippen LogP contribution in [0.25, 0.3) is 11.5 Å². The molecule has 0 amide bonds. The van der Waals surface area contributed by atoms with E-state index in [0.717, 1.165) is 0 Å². The third-order valence-electron chi connectivity index (χ3n) is 2.66. The van der Waals surface area contributed by atoms with Crippen LogP contribution in [0.5, 0.6) is 5.75 Å². The third kappa shape index (κ3) is 3.18. The van der Waals surface area contributed by atoms with Gasteiger partial charge in [0.25, 0.3) is 6.43 Å². The van der Waals surface area contributed by atoms with Gasteiger partial charge in [-0.05, 0) is 31.2 Å². The van der Waals surface area contributed by atoms with Crippen molar-refractivity contribution >= 4 is 5.97 Å². The predicted octanol–water partition coefficient (Wildman–Crippen LogP) is 3.46. The second-order valence-corrected chi connectivity index (χ2v) is 3.98. The Balaban J connectivity index is 2.40. The van der Waals surface area contributed by atoms with E-state index in [1.807, 2.05) is 0 Å². The van der Waals surface area contributed by atoms with Gasteiger partial charge in [-0.2, -0.15) is 0 Å². The molecular weight excluding hydrogens is 284 g/mol. The molecule has 112 valence electrons. The molecule has 2 aromatic rings. The van der Waals surface area contributed by atoms with Gasteiger partial charge in [0.1, 0.15) is 5.75 Å². The second kappa shape index (κ2) is 6.34. The lowest BCUT2D eigenvalue weighted by molar-refractivity contribution is 0.0476. The summed E-state index contributed by atoms with van der Waals surface area (Å²) in [6, 6.07) is 6.45. The predicted molar refractivity (Wildman–Crippen MR) is 69.4 cm³/mol. The highest BCUT2D eigenvalue weighted by atomic mass is 19.3. The van der Waals surface area contributed by atoms with Crippen molar-refractivity contribution in [2.24, 2.45) is 0 Å². The van der Waals surface area contributed by atoms with Crippen molar-refractivity contribution in [3.8, 4) is 17.2 Å². The zero-order valence-corrected chi connectivity index (χ0v) is 11.4. The molecule has 0 atom stereocenters. The van der Waals surface area contributed by atoms with Crippen LogP contribution in [0.4, 0.5) is 8.78 Å². The van der Waals surface area contributed by atoms with Gasteiger partial charge in [-0.25, -0.2) is 18.6 Å². The number of methoxy groups -OCH3 is 1. The first-order chi connectivity index (χ1) is 10.1. The number of oxazole rings is 1. The van der Waals surface area contributed by atoms with E-state index >= 15 is 0 Å². The Hall–Kier alpha value is -2.44. The third-order valence-corrected chi connectivity index (χ3v) is 2.66. The Kier molecular flexibility index (Phi) is 4.52. The Morgan fingerprint density at radius 1 is 1.33 bits per heavy atom. The molecule has 5 nitrogen and oxygen atoms in total. The Morgan fingerprint density at radius 2 is 2.00 bits per heavy atom. The minimum Gasteiger partial charge on any atom is -0.497 e. The van der Waals surface area contributed by atoms with Gasteiger partial charge in [0.05, 0.1) is 13.7 Å². The van der Waals surface area contributed by atoms with E-state index in [2.05, 4.69) is 9.72 Å². The summed E-state index contributed by atoms with van der Waals surface area (Å²) in [5.74, 6) is -1.00. The molecule has 0 aliphatic carbocycles. The maximum atomic E-state index is 12.9. The standard InChI is InChI=1S/C14H13F2NO4/c1-3-20-14(18)11-10(12(15)16)17-13(21-11)8-4-6-9(19-2)7-5-8/h4-7,12H,3H2,1-2H3. The summed E-state index contributed by atoms with van der Waals surface area (Å²) in [7, 11) is 1.51. The molecule has 2 rings (SSSR count). The monoisotopic (exact) mass is 297 g/mol. The van der Waals surface area contributed by atoms with Crippen LogP contribution >= 0.6 is 0 Å². The number of esters is 1. The van der Waals surface area contributed by atoms with E-state index in [1.165, 1.54) is 7.11 Å². The summed E-state index contributed by atoms with van der Waals surface area (Å²) < 4.78 is 40.7. The molecule has 0 spiro atoms. The number of halogens is 2. The van der Waals surface area contributed by atoms with Crippen molar-refractivity contribution in [2.45, 2.75) is 13.3 Å². The molecule has 0 saturated heterocycles. The zero-order chi connectivity index (χ0) is 15.4. The van der Waals surface area contributed by atoms with E-state index < -0.39 is 23.8 Å². The van der Waals surface area contributed by atoms with Crippen molar-refractivity contribution in [3.63, 3.8) is 0 Å². The number of aromatic nitrogens is 1. The lowest BCUT2D eigenvalue weighted by Crippen LogP contribution is -2.06. The average Bonchev–Trinajstić information content (AvgIpc) is 2.93. The fraction of sp³-hybridized carbons (Fsp3) is 0.286. The number of nitrogens with zero attached hydrogens (tertiary/aromatic N) is 1. The van der Waals surface area contributed by atoms with Gasteiger partial charge in [0, 0.05) is 5.56 Å². The summed E-state index contributed by atoms with van der Waals surface area (Å²) >= 11 is 0. The fourth-order valence-corrected chi connectivity index (χ4v) is 1.68. The van der Waals surface area contributed by atoms with Crippen LogP contribution in [0.15, 0.2) is 28.7 Å². The summed E-state index contributed by atoms with van der Waals surface area (Å²) in [5.41, 5.74) is -0.271. The zero-order valence-electron chi connectivity index (χ0n) is 11.4. The summed E-state index contributed by atoms with van der Waals surface area (Å²) in [4.78, 5) is 15.3. The first-order valence-electron chi connectivity index (χ1n) is 6.17. The van der Waals surface area contributed by atoms with Crippen LogP contribution < -0.4 is 4.74 Å². The molecule has 0 saturated carbocycles. The molecule has 0 fully saturated rings. The van der Waals surface area contributed by atoms with Crippen LogP contribution in [0.3, 0.4) is 0 Å². The van der Waals surface area contributed by atoms with Gasteiger partial charge < -0.3 is 13.9 Å². The quantitative estimate of drug-likeness (QED) is 0.791. The lowest BCUT2D eigenvalue weighted by atomic mass is 10.2. The van der Waals surface area contributed by atoms with Gasteiger partial charge in [-0.15, -0.1) is 0 Å². The highest BCUT2D eigenvalue weighted by Gasteiger charge is 2.28. The summed E-state index contributed by atoms with van der Waals surface area (Å²) in [6.07, 6.45) is -2.93. The molecule has 1 aromatic heterocycles. The number of hydrogen-bond donors (Lipinski definition) is 0. The highest BCUT2D eigenvalue weighted by Crippen LogP contribution is 2.29. The van der Waals surface area contributed by atoms with Gasteiger partial charge in [0.2, 0.25) is 11.7 Å². The fourth-order valence-electron chi connectivity index (χ4n) is 1.68. The van der Waals surface area contributed by atoms with Gasteiger partial charge >= 0.3 is 5.97 Å². The van der Waals surface area contributed by atoms with E-state index in [-0.39, 0.29) is 12.5 Å². The van der Waals surface area contributed by atoms with Crippen LogP contribution in [0.1, 0.15) is 29.6 Å². The van der Waals surface area contributed by atoms with Gasteiger partial charge in [-0.3, -0.25) is 0 Å². The van der Waals surface area contributed by atoms with E-state index in [0.29, 0.717) is 11.3 Å². The van der Waals surface area contributed by atoms with Crippen LogP contribution in [-0.2, 0) is 4.74 Å². The number of carbonyl (C=O) groups is 1. The Labute approximate surface area is 119 Å². The van der Waals surface area contributed by atoms with Crippen molar-refractivity contribution in [1.82, 2.24) is 4.98 Å². The highest BCUT2D eigenvalue weighted by molar-refractivity contribution is 5.88. The van der Waals surface area contributed by atoms with E-state index in [9.17, 15) is 13.6 Å². The molecule has 0 N–H and O–H groups in total. The first-order valence-corrected chi connectivity index (χ1v) is 6.17. The number of carbonyl (C=O) groups excluding carboxylic acids is 1. The maximum Gasteiger partial charge on any atom is 0.376 e. The number of alkyl halides is 2. The number of hydrogen-bond acceptors (Lipinski definition) is 5.